The van der Waals surface area contributed by atoms with E-state index in [0.717, 1.165) is 6.20 Å². The van der Waals surface area contributed by atoms with Crippen LogP contribution in [0.3, 0.4) is 0 Å². The number of nitrogens with one attached hydrogen (secondary N) is 1. The molecule has 0 saturated heterocycles. The molecule has 1 aromatic heterocycles. The Morgan fingerprint density at radius 3 is 2.41 bits per heavy atom. The Balaban J connectivity index is 3.10. The highest BCUT2D eigenvalue weighted by Crippen LogP contribution is 2.32. The first kappa shape index (κ1) is 12.7. The molecular formula is C9H4Cl3NO3S. The molecule has 90 valence electrons. The third kappa shape index (κ3) is 2.15. The van der Waals surface area contributed by atoms with Crippen LogP contribution in [0.5, 0.6) is 0 Å². The lowest BCUT2D eigenvalue weighted by Crippen LogP contribution is -2.09. The fourth-order valence-electron chi connectivity index (χ4n) is 1.46. The van der Waals surface area contributed by atoms with E-state index in [2.05, 4.69) is 4.98 Å². The normalized spacial score (nSPS) is 11.9. The monoisotopic (exact) mass is 311 g/mol. The van der Waals surface area contributed by atoms with Crippen molar-refractivity contribution in [2.24, 2.45) is 0 Å². The Labute approximate surface area is 111 Å². The van der Waals surface area contributed by atoms with E-state index in [1.54, 1.807) is 0 Å². The van der Waals surface area contributed by atoms with Crippen molar-refractivity contribution in [3.05, 3.63) is 38.7 Å². The lowest BCUT2D eigenvalue weighted by Gasteiger charge is -2.05. The van der Waals surface area contributed by atoms with Gasteiger partial charge in [-0.15, -0.1) is 0 Å². The van der Waals surface area contributed by atoms with Gasteiger partial charge < -0.3 is 4.98 Å². The molecule has 8 heteroatoms. The van der Waals surface area contributed by atoms with Gasteiger partial charge in [0.05, 0.1) is 15.4 Å². The number of benzene rings is 1. The molecule has 4 nitrogen and oxygen atoms in total. The SMILES string of the molecule is O=c1[nH]cc(S(=O)(=O)Cl)c2ccc(Cl)c(Cl)c12. The summed E-state index contributed by atoms with van der Waals surface area (Å²) in [6.45, 7) is 0. The van der Waals surface area contributed by atoms with Crippen molar-refractivity contribution in [2.75, 3.05) is 0 Å². The molecule has 2 aromatic rings. The highest BCUT2D eigenvalue weighted by atomic mass is 35.7. The van der Waals surface area contributed by atoms with Crippen molar-refractivity contribution >= 4 is 53.7 Å². The zero-order valence-corrected chi connectivity index (χ0v) is 11.1. The van der Waals surface area contributed by atoms with Gasteiger partial charge in [0.15, 0.2) is 0 Å². The van der Waals surface area contributed by atoms with E-state index in [1.165, 1.54) is 12.1 Å². The van der Waals surface area contributed by atoms with Gasteiger partial charge in [0.25, 0.3) is 14.6 Å². The van der Waals surface area contributed by atoms with Crippen LogP contribution in [0.25, 0.3) is 10.8 Å². The maximum atomic E-state index is 11.6. The molecule has 0 bridgehead atoms. The Morgan fingerprint density at radius 2 is 1.82 bits per heavy atom. The van der Waals surface area contributed by atoms with E-state index in [1.807, 2.05) is 0 Å². The lowest BCUT2D eigenvalue weighted by molar-refractivity contribution is 0.610. The number of rotatable bonds is 1. The van der Waals surface area contributed by atoms with Crippen LogP contribution >= 0.6 is 33.9 Å². The van der Waals surface area contributed by atoms with Crippen molar-refractivity contribution in [2.45, 2.75) is 4.90 Å². The minimum absolute atomic E-state index is 0.000826. The van der Waals surface area contributed by atoms with E-state index >= 15 is 0 Å². The fraction of sp³-hybridized carbons (Fsp3) is 0. The van der Waals surface area contributed by atoms with Crippen molar-refractivity contribution in [3.8, 4) is 0 Å². The first-order valence-corrected chi connectivity index (χ1v) is 7.33. The van der Waals surface area contributed by atoms with Crippen LogP contribution in [-0.4, -0.2) is 13.4 Å². The maximum absolute atomic E-state index is 11.6. The smallest absolute Gasteiger partial charge is 0.263 e. The molecule has 1 aromatic carbocycles. The van der Waals surface area contributed by atoms with Gasteiger partial charge in [-0.1, -0.05) is 29.3 Å². The van der Waals surface area contributed by atoms with E-state index in [4.69, 9.17) is 33.9 Å². The van der Waals surface area contributed by atoms with Crippen molar-refractivity contribution < 1.29 is 8.42 Å². The minimum atomic E-state index is -3.98. The summed E-state index contributed by atoms with van der Waals surface area (Å²) in [6, 6.07) is 2.78. The average Bonchev–Trinajstić information content (AvgIpc) is 2.21. The summed E-state index contributed by atoms with van der Waals surface area (Å²) in [5, 5.41) is 0.292. The molecule has 0 spiro atoms. The van der Waals surface area contributed by atoms with Crippen LogP contribution in [-0.2, 0) is 9.05 Å². The molecular weight excluding hydrogens is 309 g/mol. The first-order chi connectivity index (χ1) is 7.82. The molecule has 0 radical (unpaired) electrons. The number of H-pyrrole nitrogens is 1. The number of hydrogen-bond donors (Lipinski definition) is 1. The molecule has 0 amide bonds. The molecule has 0 saturated carbocycles. The van der Waals surface area contributed by atoms with Gasteiger partial charge >= 0.3 is 0 Å². The predicted octanol–water partition coefficient (Wildman–Crippen LogP) is 2.76. The van der Waals surface area contributed by atoms with Gasteiger partial charge in [0.2, 0.25) is 0 Å². The van der Waals surface area contributed by atoms with Gasteiger partial charge in [0.1, 0.15) is 4.90 Å². The second-order valence-corrected chi connectivity index (χ2v) is 6.52. The Morgan fingerprint density at radius 1 is 1.18 bits per heavy atom. The Hall–Kier alpha value is -0.750. The van der Waals surface area contributed by atoms with Crippen LogP contribution in [0.4, 0.5) is 0 Å². The van der Waals surface area contributed by atoms with Gasteiger partial charge in [0, 0.05) is 22.3 Å². The van der Waals surface area contributed by atoms with E-state index < -0.39 is 14.6 Å². The molecule has 1 heterocycles. The quantitative estimate of drug-likeness (QED) is 0.823. The molecule has 0 fully saturated rings. The summed E-state index contributed by atoms with van der Waals surface area (Å²) in [4.78, 5) is 13.6. The molecule has 0 aliphatic rings. The molecule has 2 rings (SSSR count). The van der Waals surface area contributed by atoms with Crippen LogP contribution < -0.4 is 5.56 Å². The summed E-state index contributed by atoms with van der Waals surface area (Å²) in [6.07, 6.45) is 1.03. The molecule has 0 aliphatic carbocycles. The Bertz CT molecular complexity index is 767. The predicted molar refractivity (Wildman–Crippen MR) is 67.6 cm³/mol. The third-order valence-corrected chi connectivity index (χ3v) is 4.35. The van der Waals surface area contributed by atoms with E-state index in [9.17, 15) is 13.2 Å². The molecule has 0 aliphatic heterocycles. The maximum Gasteiger partial charge on any atom is 0.263 e. The Kier molecular flexibility index (Phi) is 3.12. The van der Waals surface area contributed by atoms with Crippen LogP contribution in [0.1, 0.15) is 0 Å². The van der Waals surface area contributed by atoms with Crippen molar-refractivity contribution in [1.29, 1.82) is 0 Å². The minimum Gasteiger partial charge on any atom is -0.327 e. The fourth-order valence-corrected chi connectivity index (χ4v) is 2.88. The molecule has 0 unspecified atom stereocenters. The zero-order chi connectivity index (χ0) is 12.8. The number of fused-ring (bicyclic) bond motifs is 1. The third-order valence-electron chi connectivity index (χ3n) is 2.18. The molecule has 0 atom stereocenters. The zero-order valence-electron chi connectivity index (χ0n) is 8.00. The highest BCUT2D eigenvalue weighted by Gasteiger charge is 2.18. The van der Waals surface area contributed by atoms with Crippen molar-refractivity contribution in [1.82, 2.24) is 4.98 Å². The van der Waals surface area contributed by atoms with Gasteiger partial charge in [-0.3, -0.25) is 4.79 Å². The van der Waals surface area contributed by atoms with Gasteiger partial charge in [-0.2, -0.15) is 0 Å². The summed E-state index contributed by atoms with van der Waals surface area (Å²) in [7, 11) is 1.28. The summed E-state index contributed by atoms with van der Waals surface area (Å²) in [5.41, 5.74) is -0.531. The van der Waals surface area contributed by atoms with E-state index in [0.29, 0.717) is 0 Å². The highest BCUT2D eigenvalue weighted by molar-refractivity contribution is 8.14. The number of pyridine rings is 1. The van der Waals surface area contributed by atoms with E-state index in [-0.39, 0.29) is 25.7 Å². The number of aromatic amines is 1. The number of halogens is 3. The summed E-state index contributed by atoms with van der Waals surface area (Å²) >= 11 is 11.6. The van der Waals surface area contributed by atoms with Crippen LogP contribution in [0.2, 0.25) is 10.0 Å². The standard InChI is InChI=1S/C9H4Cl3NO3S/c10-5-2-1-4-6(17(12,15)16)3-13-9(14)7(4)8(5)11/h1-3H,(H,13,14). The average molecular weight is 313 g/mol. The topological polar surface area (TPSA) is 67.0 Å². The largest absolute Gasteiger partial charge is 0.327 e. The second-order valence-electron chi connectivity index (χ2n) is 3.20. The van der Waals surface area contributed by atoms with Gasteiger partial charge in [-0.05, 0) is 6.07 Å². The lowest BCUT2D eigenvalue weighted by atomic mass is 10.2. The first-order valence-electron chi connectivity index (χ1n) is 4.26. The van der Waals surface area contributed by atoms with Crippen molar-refractivity contribution in [3.63, 3.8) is 0 Å². The number of hydrogen-bond acceptors (Lipinski definition) is 3. The van der Waals surface area contributed by atoms with Crippen LogP contribution in [0, 0.1) is 0 Å². The van der Waals surface area contributed by atoms with Gasteiger partial charge in [-0.25, -0.2) is 8.42 Å². The summed E-state index contributed by atoms with van der Waals surface area (Å²) < 4.78 is 22.6. The van der Waals surface area contributed by atoms with Crippen LogP contribution in [0.15, 0.2) is 28.0 Å². The molecule has 1 N–H and O–H groups in total. The summed E-state index contributed by atoms with van der Waals surface area (Å²) in [5.74, 6) is 0. The molecule has 17 heavy (non-hydrogen) atoms. The number of aromatic nitrogens is 1. The second kappa shape index (κ2) is 4.17.